The summed E-state index contributed by atoms with van der Waals surface area (Å²) in [5.41, 5.74) is 1.57. The summed E-state index contributed by atoms with van der Waals surface area (Å²) >= 11 is 0. The van der Waals surface area contributed by atoms with E-state index < -0.39 is 0 Å². The molecular weight excluding hydrogens is 230 g/mol. The second-order valence-electron chi connectivity index (χ2n) is 3.90. The predicted molar refractivity (Wildman–Crippen MR) is 65.4 cm³/mol. The number of ketones is 2. The molecule has 1 heterocycles. The van der Waals surface area contributed by atoms with Crippen molar-refractivity contribution in [3.8, 4) is 0 Å². The van der Waals surface area contributed by atoms with Gasteiger partial charge < -0.3 is 5.32 Å². The molecule has 1 aliphatic carbocycles. The second-order valence-corrected chi connectivity index (χ2v) is 3.90. The van der Waals surface area contributed by atoms with E-state index in [9.17, 15) is 9.59 Å². The monoisotopic (exact) mass is 239 g/mol. The van der Waals surface area contributed by atoms with Gasteiger partial charge in [0.1, 0.15) is 5.69 Å². The van der Waals surface area contributed by atoms with E-state index in [1.54, 1.807) is 0 Å². The van der Waals surface area contributed by atoms with Crippen molar-refractivity contribution in [1.82, 2.24) is 10.2 Å². The molecule has 88 valence electrons. The Kier molecular flexibility index (Phi) is 2.30. The van der Waals surface area contributed by atoms with Crippen LogP contribution in [0.5, 0.6) is 0 Å². The largest absolute Gasteiger partial charge is 0.352 e. The van der Waals surface area contributed by atoms with Crippen LogP contribution in [0.25, 0.3) is 0 Å². The van der Waals surface area contributed by atoms with E-state index in [2.05, 4.69) is 15.5 Å². The first-order valence-corrected chi connectivity index (χ1v) is 5.42. The van der Waals surface area contributed by atoms with Crippen LogP contribution in [-0.4, -0.2) is 21.8 Å². The number of Topliss-reactive ketones (excluding diaryl/α,β-unsaturated/α-hetero) is 1. The summed E-state index contributed by atoms with van der Waals surface area (Å²) in [6.07, 6.45) is 2.67. The fraction of sp³-hybridized carbons (Fsp3) is 0. The first kappa shape index (κ1) is 10.5. The molecule has 0 bridgehead atoms. The van der Waals surface area contributed by atoms with Crippen molar-refractivity contribution in [1.29, 1.82) is 0 Å². The average Bonchev–Trinajstić information content (AvgIpc) is 2.87. The molecular formula is C13H9N3O2. The van der Waals surface area contributed by atoms with Gasteiger partial charge >= 0.3 is 0 Å². The Morgan fingerprint density at radius 3 is 2.67 bits per heavy atom. The molecule has 0 fully saturated rings. The number of nitrogens with one attached hydrogen (secondary N) is 2. The SMILES string of the molecule is O=C1C=C(Nc2ccccc2)C(=O)c2[nH]ncc21. The van der Waals surface area contributed by atoms with Crippen LogP contribution in [0.1, 0.15) is 20.8 Å². The predicted octanol–water partition coefficient (Wildman–Crippen LogP) is 1.78. The molecule has 0 spiro atoms. The highest BCUT2D eigenvalue weighted by atomic mass is 16.1. The molecule has 18 heavy (non-hydrogen) atoms. The van der Waals surface area contributed by atoms with Crippen LogP contribution in [0.2, 0.25) is 0 Å². The lowest BCUT2D eigenvalue weighted by molar-refractivity contribution is 0.0983. The molecule has 3 rings (SSSR count). The molecule has 0 amide bonds. The number of fused-ring (bicyclic) bond motifs is 1. The highest BCUT2D eigenvalue weighted by Gasteiger charge is 2.27. The minimum Gasteiger partial charge on any atom is -0.352 e. The van der Waals surface area contributed by atoms with E-state index >= 15 is 0 Å². The number of H-pyrrole nitrogens is 1. The highest BCUT2D eigenvalue weighted by Crippen LogP contribution is 2.20. The number of anilines is 1. The molecule has 0 aliphatic heterocycles. The third-order valence-corrected chi connectivity index (χ3v) is 2.70. The van der Waals surface area contributed by atoms with Gasteiger partial charge in [-0.3, -0.25) is 14.7 Å². The van der Waals surface area contributed by atoms with Gasteiger partial charge in [0.05, 0.1) is 17.5 Å². The number of nitrogens with zero attached hydrogens (tertiary/aromatic N) is 1. The van der Waals surface area contributed by atoms with Crippen LogP contribution >= 0.6 is 0 Å². The first-order valence-electron chi connectivity index (χ1n) is 5.42. The summed E-state index contributed by atoms with van der Waals surface area (Å²) in [7, 11) is 0. The molecule has 0 unspecified atom stereocenters. The van der Waals surface area contributed by atoms with Gasteiger partial charge in [-0.15, -0.1) is 0 Å². The number of benzene rings is 1. The Hall–Kier alpha value is -2.69. The standard InChI is InChI=1S/C13H9N3O2/c17-11-6-10(15-8-4-2-1-3-5-8)13(18)12-9(11)7-14-16-12/h1-7,15H,(H,14,16). The van der Waals surface area contributed by atoms with Gasteiger partial charge in [0, 0.05) is 11.8 Å². The molecule has 0 saturated carbocycles. The number of aromatic nitrogens is 2. The minimum atomic E-state index is -0.258. The maximum absolute atomic E-state index is 12.1. The van der Waals surface area contributed by atoms with E-state index in [4.69, 9.17) is 0 Å². The Labute approximate surface area is 103 Å². The molecule has 2 N–H and O–H groups in total. The van der Waals surface area contributed by atoms with Crippen LogP contribution < -0.4 is 5.32 Å². The van der Waals surface area contributed by atoms with Gasteiger partial charge in [0.15, 0.2) is 5.78 Å². The van der Waals surface area contributed by atoms with Crippen LogP contribution in [0, 0.1) is 0 Å². The zero-order valence-electron chi connectivity index (χ0n) is 9.31. The molecule has 0 atom stereocenters. The van der Waals surface area contributed by atoms with Crippen LogP contribution in [0.3, 0.4) is 0 Å². The van der Waals surface area contributed by atoms with E-state index in [0.717, 1.165) is 5.69 Å². The summed E-state index contributed by atoms with van der Waals surface area (Å²) in [4.78, 5) is 23.8. The lowest BCUT2D eigenvalue weighted by Crippen LogP contribution is -2.21. The quantitative estimate of drug-likeness (QED) is 0.837. The smallest absolute Gasteiger partial charge is 0.227 e. The van der Waals surface area contributed by atoms with E-state index in [1.165, 1.54) is 12.3 Å². The summed E-state index contributed by atoms with van der Waals surface area (Å²) in [5.74, 6) is -0.484. The second kappa shape index (κ2) is 3.96. The Morgan fingerprint density at radius 2 is 1.89 bits per heavy atom. The van der Waals surface area contributed by atoms with Crippen molar-refractivity contribution in [2.24, 2.45) is 0 Å². The van der Waals surface area contributed by atoms with E-state index in [-0.39, 0.29) is 23.0 Å². The van der Waals surface area contributed by atoms with Crippen LogP contribution in [0.4, 0.5) is 5.69 Å². The Morgan fingerprint density at radius 1 is 1.11 bits per heavy atom. The summed E-state index contributed by atoms with van der Waals surface area (Å²) in [5, 5.41) is 9.21. The third kappa shape index (κ3) is 1.62. The topological polar surface area (TPSA) is 74.8 Å². The number of carbonyl (C=O) groups is 2. The molecule has 0 saturated heterocycles. The number of hydrogen-bond donors (Lipinski definition) is 2. The summed E-state index contributed by atoms with van der Waals surface area (Å²) in [6.45, 7) is 0. The number of para-hydroxylation sites is 1. The summed E-state index contributed by atoms with van der Waals surface area (Å²) in [6, 6.07) is 9.21. The lowest BCUT2D eigenvalue weighted by Gasteiger charge is -2.13. The number of aromatic amines is 1. The highest BCUT2D eigenvalue weighted by molar-refractivity contribution is 6.24. The normalized spacial score (nSPS) is 14.1. The maximum Gasteiger partial charge on any atom is 0.227 e. The van der Waals surface area contributed by atoms with Crippen LogP contribution in [-0.2, 0) is 0 Å². The van der Waals surface area contributed by atoms with E-state index in [1.807, 2.05) is 30.3 Å². The van der Waals surface area contributed by atoms with Crippen molar-refractivity contribution < 1.29 is 9.59 Å². The van der Waals surface area contributed by atoms with Gasteiger partial charge in [0.25, 0.3) is 0 Å². The third-order valence-electron chi connectivity index (χ3n) is 2.70. The molecule has 5 heteroatoms. The van der Waals surface area contributed by atoms with Gasteiger partial charge in [-0.2, -0.15) is 5.10 Å². The Balaban J connectivity index is 1.95. The molecule has 1 aromatic heterocycles. The van der Waals surface area contributed by atoms with Gasteiger partial charge in [-0.25, -0.2) is 0 Å². The van der Waals surface area contributed by atoms with Gasteiger partial charge in [0.2, 0.25) is 5.78 Å². The van der Waals surface area contributed by atoms with Gasteiger partial charge in [-0.05, 0) is 12.1 Å². The molecule has 1 aromatic carbocycles. The van der Waals surface area contributed by atoms with Gasteiger partial charge in [-0.1, -0.05) is 18.2 Å². The fourth-order valence-corrected chi connectivity index (χ4v) is 1.82. The average molecular weight is 239 g/mol. The maximum atomic E-state index is 12.1. The molecule has 5 nitrogen and oxygen atoms in total. The number of carbonyl (C=O) groups excluding carboxylic acids is 2. The lowest BCUT2D eigenvalue weighted by atomic mass is 9.99. The zero-order valence-corrected chi connectivity index (χ0v) is 9.31. The molecule has 1 aliphatic rings. The number of allylic oxidation sites excluding steroid dienone is 2. The van der Waals surface area contributed by atoms with Crippen molar-refractivity contribution in [2.45, 2.75) is 0 Å². The van der Waals surface area contributed by atoms with Crippen molar-refractivity contribution in [3.63, 3.8) is 0 Å². The van der Waals surface area contributed by atoms with Crippen molar-refractivity contribution in [2.75, 3.05) is 5.32 Å². The molecule has 2 aromatic rings. The number of rotatable bonds is 2. The summed E-state index contributed by atoms with van der Waals surface area (Å²) < 4.78 is 0. The first-order chi connectivity index (χ1) is 8.75. The van der Waals surface area contributed by atoms with E-state index in [0.29, 0.717) is 5.56 Å². The van der Waals surface area contributed by atoms with Crippen molar-refractivity contribution >= 4 is 17.3 Å². The van der Waals surface area contributed by atoms with Crippen LogP contribution in [0.15, 0.2) is 48.3 Å². The molecule has 0 radical (unpaired) electrons. The number of hydrogen-bond acceptors (Lipinski definition) is 4. The Bertz CT molecular complexity index is 656. The minimum absolute atomic E-state index is 0.225. The fourth-order valence-electron chi connectivity index (χ4n) is 1.82. The zero-order chi connectivity index (χ0) is 12.5. The van der Waals surface area contributed by atoms with Crippen molar-refractivity contribution in [3.05, 3.63) is 59.6 Å².